The first kappa shape index (κ1) is 10.8. The van der Waals surface area contributed by atoms with E-state index in [0.717, 1.165) is 17.3 Å². The molecule has 84 valence electrons. The van der Waals surface area contributed by atoms with Gasteiger partial charge < -0.3 is 4.57 Å². The Balaban J connectivity index is 2.10. The Morgan fingerprint density at radius 2 is 1.93 bits per heavy atom. The van der Waals surface area contributed by atoms with E-state index in [1.54, 1.807) is 0 Å². The molecule has 0 spiro atoms. The second kappa shape index (κ2) is 4.45. The van der Waals surface area contributed by atoms with E-state index in [9.17, 15) is 0 Å². The van der Waals surface area contributed by atoms with E-state index in [2.05, 4.69) is 10.00 Å². The third-order valence-electron chi connectivity index (χ3n) is 3.04. The van der Waals surface area contributed by atoms with E-state index in [0.29, 0.717) is 0 Å². The average molecular weight is 226 g/mol. The van der Waals surface area contributed by atoms with Gasteiger partial charge in [-0.05, 0) is 45.1 Å². The van der Waals surface area contributed by atoms with E-state index in [-0.39, 0.29) is 0 Å². The number of nitrogens with zero attached hydrogens (tertiary/aromatic N) is 4. The zero-order valence-electron chi connectivity index (χ0n) is 9.44. The smallest absolute Gasteiger partial charge is 0.198 e. The van der Waals surface area contributed by atoms with Gasteiger partial charge in [-0.25, -0.2) is 4.68 Å². The van der Waals surface area contributed by atoms with E-state index >= 15 is 0 Å². The Morgan fingerprint density at radius 3 is 2.47 bits per heavy atom. The molecule has 2 rings (SSSR count). The van der Waals surface area contributed by atoms with Gasteiger partial charge in [0.2, 0.25) is 0 Å². The maximum absolute atomic E-state index is 5.32. The minimum absolute atomic E-state index is 0.818. The molecule has 2 heterocycles. The maximum Gasteiger partial charge on any atom is 0.198 e. The highest BCUT2D eigenvalue weighted by Crippen LogP contribution is 2.09. The van der Waals surface area contributed by atoms with Crippen LogP contribution in [-0.4, -0.2) is 32.3 Å². The molecule has 4 nitrogen and oxygen atoms in total. The minimum atomic E-state index is 0.818. The van der Waals surface area contributed by atoms with Gasteiger partial charge in [-0.15, -0.1) is 0 Å². The molecule has 0 N–H and O–H groups in total. The summed E-state index contributed by atoms with van der Waals surface area (Å²) in [5.41, 5.74) is 0. The lowest BCUT2D eigenvalue weighted by atomic mass is 10.1. The van der Waals surface area contributed by atoms with Crippen molar-refractivity contribution in [1.29, 1.82) is 0 Å². The fraction of sp³-hybridized carbons (Fsp3) is 0.800. The normalized spacial score (nSPS) is 18.3. The Labute approximate surface area is 95.5 Å². The molecule has 0 bridgehead atoms. The Morgan fingerprint density at radius 1 is 1.27 bits per heavy atom. The summed E-state index contributed by atoms with van der Waals surface area (Å²) in [6.45, 7) is 5.19. The van der Waals surface area contributed by atoms with Crippen LogP contribution < -0.4 is 0 Å². The quantitative estimate of drug-likeness (QED) is 0.718. The largest absolute Gasteiger partial charge is 0.307 e. The molecule has 0 aromatic carbocycles. The average Bonchev–Trinajstić information content (AvgIpc) is 2.48. The first-order valence-corrected chi connectivity index (χ1v) is 5.92. The van der Waals surface area contributed by atoms with Crippen molar-refractivity contribution in [2.45, 2.75) is 32.9 Å². The van der Waals surface area contributed by atoms with Crippen molar-refractivity contribution < 1.29 is 0 Å². The van der Waals surface area contributed by atoms with Crippen LogP contribution in [0.15, 0.2) is 0 Å². The monoisotopic (exact) mass is 226 g/mol. The lowest BCUT2D eigenvalue weighted by molar-refractivity contribution is 0.172. The predicted molar refractivity (Wildman–Crippen MR) is 62.2 cm³/mol. The van der Waals surface area contributed by atoms with Gasteiger partial charge in [0.25, 0.3) is 0 Å². The van der Waals surface area contributed by atoms with Crippen LogP contribution in [0.2, 0.25) is 0 Å². The predicted octanol–water partition coefficient (Wildman–Crippen LogP) is 1.70. The molecular formula is C10H18N4S. The number of rotatable bonds is 2. The number of piperidine rings is 1. The van der Waals surface area contributed by atoms with Crippen LogP contribution in [-0.2, 0) is 13.7 Å². The first-order valence-electron chi connectivity index (χ1n) is 5.51. The van der Waals surface area contributed by atoms with Crippen molar-refractivity contribution in [3.8, 4) is 0 Å². The summed E-state index contributed by atoms with van der Waals surface area (Å²) in [5.74, 6) is 0.983. The SMILES string of the molecule is Cc1nn(CN2CCCCC2)c(=S)n1C. The molecule has 0 radical (unpaired) electrons. The van der Waals surface area contributed by atoms with Crippen LogP contribution in [0.5, 0.6) is 0 Å². The molecule has 1 aliphatic heterocycles. The summed E-state index contributed by atoms with van der Waals surface area (Å²) >= 11 is 5.32. The Bertz CT molecular complexity index is 387. The van der Waals surface area contributed by atoms with Gasteiger partial charge >= 0.3 is 0 Å². The Hall–Kier alpha value is -0.680. The van der Waals surface area contributed by atoms with Crippen molar-refractivity contribution in [2.75, 3.05) is 13.1 Å². The fourth-order valence-electron chi connectivity index (χ4n) is 1.98. The molecule has 0 amide bonds. The number of aryl methyl sites for hydroxylation is 1. The van der Waals surface area contributed by atoms with Crippen LogP contribution in [0.3, 0.4) is 0 Å². The fourth-order valence-corrected chi connectivity index (χ4v) is 2.21. The standard InChI is InChI=1S/C10H18N4S/c1-9-11-14(10(15)12(9)2)8-13-6-4-3-5-7-13/h3-8H2,1-2H3. The molecule has 0 unspecified atom stereocenters. The highest BCUT2D eigenvalue weighted by molar-refractivity contribution is 7.71. The van der Waals surface area contributed by atoms with E-state index < -0.39 is 0 Å². The van der Waals surface area contributed by atoms with Gasteiger partial charge in [-0.1, -0.05) is 6.42 Å². The van der Waals surface area contributed by atoms with Crippen LogP contribution in [0.1, 0.15) is 25.1 Å². The van der Waals surface area contributed by atoms with Crippen molar-refractivity contribution in [2.24, 2.45) is 7.05 Å². The molecule has 1 fully saturated rings. The van der Waals surface area contributed by atoms with Gasteiger partial charge in [-0.2, -0.15) is 5.10 Å². The minimum Gasteiger partial charge on any atom is -0.307 e. The summed E-state index contributed by atoms with van der Waals surface area (Å²) in [4.78, 5) is 2.42. The third kappa shape index (κ3) is 2.29. The van der Waals surface area contributed by atoms with Gasteiger partial charge in [0, 0.05) is 7.05 Å². The molecule has 1 saturated heterocycles. The second-order valence-corrected chi connectivity index (χ2v) is 4.57. The van der Waals surface area contributed by atoms with Crippen molar-refractivity contribution in [3.63, 3.8) is 0 Å². The molecule has 0 aliphatic carbocycles. The summed E-state index contributed by atoms with van der Waals surface area (Å²) in [7, 11) is 1.97. The molecule has 5 heteroatoms. The van der Waals surface area contributed by atoms with Crippen molar-refractivity contribution >= 4 is 12.2 Å². The third-order valence-corrected chi connectivity index (χ3v) is 3.53. The summed E-state index contributed by atoms with van der Waals surface area (Å²) in [5, 5.41) is 4.44. The van der Waals surface area contributed by atoms with E-state index in [4.69, 9.17) is 12.2 Å². The molecule has 1 aliphatic rings. The highest BCUT2D eigenvalue weighted by atomic mass is 32.1. The molecular weight excluding hydrogens is 208 g/mol. The number of hydrogen-bond donors (Lipinski definition) is 0. The van der Waals surface area contributed by atoms with Gasteiger partial charge in [0.1, 0.15) is 5.82 Å². The lowest BCUT2D eigenvalue weighted by Crippen LogP contribution is -2.32. The zero-order valence-corrected chi connectivity index (χ0v) is 10.3. The van der Waals surface area contributed by atoms with E-state index in [1.165, 1.54) is 32.4 Å². The summed E-state index contributed by atoms with van der Waals surface area (Å²) in [6.07, 6.45) is 3.97. The summed E-state index contributed by atoms with van der Waals surface area (Å²) in [6, 6.07) is 0. The first-order chi connectivity index (χ1) is 7.18. The Kier molecular flexibility index (Phi) is 3.21. The highest BCUT2D eigenvalue weighted by Gasteiger charge is 2.12. The maximum atomic E-state index is 5.32. The van der Waals surface area contributed by atoms with Crippen LogP contribution >= 0.6 is 12.2 Å². The molecule has 0 atom stereocenters. The number of likely N-dealkylation sites (tertiary alicyclic amines) is 1. The molecule has 15 heavy (non-hydrogen) atoms. The van der Waals surface area contributed by atoms with Crippen LogP contribution in [0.25, 0.3) is 0 Å². The number of aromatic nitrogens is 3. The van der Waals surface area contributed by atoms with Crippen LogP contribution in [0, 0.1) is 11.7 Å². The molecule has 1 aromatic heterocycles. The van der Waals surface area contributed by atoms with Gasteiger partial charge in [-0.3, -0.25) is 4.90 Å². The zero-order chi connectivity index (χ0) is 10.8. The molecule has 0 saturated carbocycles. The van der Waals surface area contributed by atoms with Crippen molar-refractivity contribution in [1.82, 2.24) is 19.2 Å². The topological polar surface area (TPSA) is 26.0 Å². The lowest BCUT2D eigenvalue weighted by Gasteiger charge is -2.25. The summed E-state index contributed by atoms with van der Waals surface area (Å²) < 4.78 is 4.70. The van der Waals surface area contributed by atoms with Gasteiger partial charge in [0.15, 0.2) is 4.77 Å². The van der Waals surface area contributed by atoms with Gasteiger partial charge in [0.05, 0.1) is 6.67 Å². The van der Waals surface area contributed by atoms with Crippen LogP contribution in [0.4, 0.5) is 0 Å². The second-order valence-electron chi connectivity index (χ2n) is 4.21. The van der Waals surface area contributed by atoms with E-state index in [1.807, 2.05) is 23.2 Å². The number of hydrogen-bond acceptors (Lipinski definition) is 3. The molecule has 1 aromatic rings. The van der Waals surface area contributed by atoms with Crippen molar-refractivity contribution in [3.05, 3.63) is 10.6 Å².